The Kier molecular flexibility index (Phi) is 14.1. The van der Waals surface area contributed by atoms with Crippen molar-refractivity contribution in [3.05, 3.63) is 90.0 Å². The lowest BCUT2D eigenvalue weighted by Crippen LogP contribution is -2.29. The van der Waals surface area contributed by atoms with Crippen LogP contribution in [0.25, 0.3) is 11.1 Å². The molecule has 9 heteroatoms. The van der Waals surface area contributed by atoms with E-state index in [0.717, 1.165) is 5.75 Å². The van der Waals surface area contributed by atoms with Crippen molar-refractivity contribution in [1.82, 2.24) is 5.32 Å². The fraction of sp³-hybridized carbons (Fsp3) is 0.424. The van der Waals surface area contributed by atoms with Gasteiger partial charge in [0.25, 0.3) is 0 Å². The van der Waals surface area contributed by atoms with Crippen LogP contribution >= 0.6 is 0 Å². The van der Waals surface area contributed by atoms with E-state index in [-0.39, 0.29) is 5.92 Å². The van der Waals surface area contributed by atoms with Gasteiger partial charge in [0, 0.05) is 12.5 Å². The second kappa shape index (κ2) is 18.9. The summed E-state index contributed by atoms with van der Waals surface area (Å²) in [7, 11) is 0. The first-order chi connectivity index (χ1) is 20.8. The fourth-order valence-electron chi connectivity index (χ4n) is 4.59. The first kappa shape index (κ1) is 31.5. The van der Waals surface area contributed by atoms with Gasteiger partial charge in [0.05, 0.1) is 66.1 Å². The summed E-state index contributed by atoms with van der Waals surface area (Å²) in [6, 6.07) is 26.2. The molecule has 1 N–H and O–H groups in total. The number of hydrogen-bond acceptors (Lipinski definition) is 8. The quantitative estimate of drug-likeness (QED) is 0.182. The van der Waals surface area contributed by atoms with Crippen molar-refractivity contribution in [2.75, 3.05) is 85.8 Å². The number of fused-ring (bicyclic) bond motifs is 3. The van der Waals surface area contributed by atoms with E-state index in [2.05, 4.69) is 29.6 Å². The molecule has 0 aliphatic heterocycles. The van der Waals surface area contributed by atoms with Crippen molar-refractivity contribution < 1.29 is 38.0 Å². The van der Waals surface area contributed by atoms with E-state index in [0.29, 0.717) is 85.8 Å². The van der Waals surface area contributed by atoms with E-state index < -0.39 is 6.09 Å². The third-order valence-corrected chi connectivity index (χ3v) is 6.59. The van der Waals surface area contributed by atoms with Crippen molar-refractivity contribution in [2.24, 2.45) is 0 Å². The molecule has 0 unspecified atom stereocenters. The second-order valence-corrected chi connectivity index (χ2v) is 9.48. The van der Waals surface area contributed by atoms with Crippen LogP contribution in [0.1, 0.15) is 17.0 Å². The number of carbonyl (C=O) groups excluding carboxylic acids is 1. The zero-order chi connectivity index (χ0) is 29.1. The number of amides is 1. The van der Waals surface area contributed by atoms with Crippen LogP contribution in [0.4, 0.5) is 4.79 Å². The molecule has 1 aliphatic carbocycles. The Morgan fingerprint density at radius 1 is 0.548 bits per heavy atom. The van der Waals surface area contributed by atoms with Gasteiger partial charge in [-0.3, -0.25) is 0 Å². The van der Waals surface area contributed by atoms with Crippen LogP contribution in [-0.4, -0.2) is 91.9 Å². The summed E-state index contributed by atoms with van der Waals surface area (Å²) in [5.74, 6) is 0.885. The minimum absolute atomic E-state index is 0.0455. The summed E-state index contributed by atoms with van der Waals surface area (Å²) in [6.45, 7) is 5.96. The lowest BCUT2D eigenvalue weighted by molar-refractivity contribution is -0.0124. The van der Waals surface area contributed by atoms with E-state index in [1.807, 2.05) is 54.6 Å². The molecule has 0 saturated carbocycles. The van der Waals surface area contributed by atoms with Crippen molar-refractivity contribution >= 4 is 6.09 Å². The second-order valence-electron chi connectivity index (χ2n) is 9.48. The zero-order valence-electron chi connectivity index (χ0n) is 24.0. The molecule has 1 amide bonds. The van der Waals surface area contributed by atoms with Crippen LogP contribution in [0, 0.1) is 0 Å². The molecule has 3 aromatic carbocycles. The van der Waals surface area contributed by atoms with E-state index in [9.17, 15) is 4.79 Å². The predicted octanol–water partition coefficient (Wildman–Crippen LogP) is 4.69. The van der Waals surface area contributed by atoms with Crippen LogP contribution in [0.2, 0.25) is 0 Å². The number of ether oxygens (including phenoxy) is 7. The number of rotatable bonds is 21. The molecule has 0 spiro atoms. The lowest BCUT2D eigenvalue weighted by Gasteiger charge is -2.14. The summed E-state index contributed by atoms with van der Waals surface area (Å²) in [6.07, 6.45) is -0.446. The molecule has 0 saturated heterocycles. The SMILES string of the molecule is O=C(NCCOCCOCCOCCOCCOCCOc1ccccc1)OCC1c2ccccc2-c2ccccc21. The van der Waals surface area contributed by atoms with Crippen molar-refractivity contribution in [3.8, 4) is 16.9 Å². The van der Waals surface area contributed by atoms with Crippen molar-refractivity contribution in [3.63, 3.8) is 0 Å². The van der Waals surface area contributed by atoms with Gasteiger partial charge in [-0.15, -0.1) is 0 Å². The molecular formula is C33H41NO8. The monoisotopic (exact) mass is 579 g/mol. The third-order valence-electron chi connectivity index (χ3n) is 6.59. The van der Waals surface area contributed by atoms with Gasteiger partial charge in [-0.25, -0.2) is 4.79 Å². The molecule has 0 atom stereocenters. The summed E-state index contributed by atoms with van der Waals surface area (Å²) in [4.78, 5) is 12.2. The molecule has 226 valence electrons. The van der Waals surface area contributed by atoms with Gasteiger partial charge < -0.3 is 38.5 Å². The summed E-state index contributed by atoms with van der Waals surface area (Å²) < 4.78 is 38.5. The van der Waals surface area contributed by atoms with Crippen molar-refractivity contribution in [2.45, 2.75) is 5.92 Å². The number of benzene rings is 3. The molecule has 0 fully saturated rings. The van der Waals surface area contributed by atoms with Gasteiger partial charge in [-0.05, 0) is 34.4 Å². The Morgan fingerprint density at radius 2 is 1.00 bits per heavy atom. The maximum atomic E-state index is 12.2. The largest absolute Gasteiger partial charge is 0.491 e. The Bertz CT molecular complexity index is 1130. The van der Waals surface area contributed by atoms with Gasteiger partial charge in [0.2, 0.25) is 0 Å². The Morgan fingerprint density at radius 3 is 1.55 bits per heavy atom. The molecular weight excluding hydrogens is 538 g/mol. The predicted molar refractivity (Wildman–Crippen MR) is 159 cm³/mol. The average molecular weight is 580 g/mol. The molecule has 0 bridgehead atoms. The Labute approximate surface area is 248 Å². The summed E-state index contributed by atoms with van der Waals surface area (Å²) >= 11 is 0. The van der Waals surface area contributed by atoms with Gasteiger partial charge in [0.15, 0.2) is 0 Å². The van der Waals surface area contributed by atoms with E-state index in [4.69, 9.17) is 33.2 Å². The van der Waals surface area contributed by atoms with Gasteiger partial charge in [-0.2, -0.15) is 0 Å². The molecule has 0 aromatic heterocycles. The first-order valence-electron chi connectivity index (χ1n) is 14.5. The van der Waals surface area contributed by atoms with Gasteiger partial charge >= 0.3 is 6.09 Å². The highest BCUT2D eigenvalue weighted by Gasteiger charge is 2.28. The molecule has 9 nitrogen and oxygen atoms in total. The number of nitrogens with one attached hydrogen (secondary N) is 1. The molecule has 0 radical (unpaired) electrons. The molecule has 4 rings (SSSR count). The number of alkyl carbamates (subject to hydrolysis) is 1. The number of hydrogen-bond donors (Lipinski definition) is 1. The highest BCUT2D eigenvalue weighted by molar-refractivity contribution is 5.79. The fourth-order valence-corrected chi connectivity index (χ4v) is 4.59. The first-order valence-corrected chi connectivity index (χ1v) is 14.5. The van der Waals surface area contributed by atoms with Crippen LogP contribution < -0.4 is 10.1 Å². The minimum atomic E-state index is -0.446. The topological polar surface area (TPSA) is 93.7 Å². The number of carbonyl (C=O) groups is 1. The van der Waals surface area contributed by atoms with Crippen molar-refractivity contribution in [1.29, 1.82) is 0 Å². The van der Waals surface area contributed by atoms with Crippen LogP contribution in [-0.2, 0) is 28.4 Å². The molecule has 1 aliphatic rings. The molecule has 3 aromatic rings. The number of para-hydroxylation sites is 1. The molecule has 42 heavy (non-hydrogen) atoms. The summed E-state index contributed by atoms with van der Waals surface area (Å²) in [5, 5.41) is 2.74. The van der Waals surface area contributed by atoms with Crippen LogP contribution in [0.5, 0.6) is 5.75 Å². The van der Waals surface area contributed by atoms with E-state index >= 15 is 0 Å². The molecule has 0 heterocycles. The van der Waals surface area contributed by atoms with Crippen LogP contribution in [0.3, 0.4) is 0 Å². The Hall–Kier alpha value is -3.47. The lowest BCUT2D eigenvalue weighted by atomic mass is 9.98. The van der Waals surface area contributed by atoms with Crippen LogP contribution in [0.15, 0.2) is 78.9 Å². The normalized spacial score (nSPS) is 12.1. The Balaban J connectivity index is 0.891. The standard InChI is InChI=1S/C33H41NO8/c35-33(42-26-32-30-12-6-4-10-28(30)29-11-5-7-13-31(29)32)34-14-15-36-16-17-37-18-19-38-20-21-39-22-23-40-24-25-41-27-8-2-1-3-9-27/h1-13,32H,14-26H2,(H,34,35). The highest BCUT2D eigenvalue weighted by atomic mass is 16.6. The average Bonchev–Trinajstić information content (AvgIpc) is 3.35. The third kappa shape index (κ3) is 10.7. The van der Waals surface area contributed by atoms with Gasteiger partial charge in [-0.1, -0.05) is 66.7 Å². The maximum absolute atomic E-state index is 12.2. The van der Waals surface area contributed by atoms with Gasteiger partial charge in [0.1, 0.15) is 19.0 Å². The smallest absolute Gasteiger partial charge is 0.407 e. The zero-order valence-corrected chi connectivity index (χ0v) is 24.0. The maximum Gasteiger partial charge on any atom is 0.407 e. The van der Waals surface area contributed by atoms with E-state index in [1.165, 1.54) is 22.3 Å². The highest BCUT2D eigenvalue weighted by Crippen LogP contribution is 2.44. The minimum Gasteiger partial charge on any atom is -0.491 e. The van der Waals surface area contributed by atoms with E-state index in [1.54, 1.807) is 0 Å². The summed E-state index contributed by atoms with van der Waals surface area (Å²) in [5.41, 5.74) is 4.79.